The average molecular weight is 336 g/mol. The molecule has 0 bridgehead atoms. The Balaban J connectivity index is -0.000000295. The van der Waals surface area contributed by atoms with Crippen molar-refractivity contribution in [2.75, 3.05) is 0 Å². The van der Waals surface area contributed by atoms with Crippen LogP contribution in [0.15, 0.2) is 0 Å². The molecule has 0 saturated carbocycles. The maximum absolute atomic E-state index is 10.4. The van der Waals surface area contributed by atoms with Crippen molar-refractivity contribution < 1.29 is 41.5 Å². The van der Waals surface area contributed by atoms with E-state index in [0.29, 0.717) is 0 Å². The van der Waals surface area contributed by atoms with Crippen LogP contribution in [0.2, 0.25) is 0 Å². The van der Waals surface area contributed by atoms with Gasteiger partial charge in [0.25, 0.3) is 0 Å². The number of aliphatic carboxylic acids is 2. The minimum absolute atomic E-state index is 0. The fraction of sp³-hybridized carbons (Fsp3) is 0.875. The van der Waals surface area contributed by atoms with Crippen molar-refractivity contribution in [3.05, 3.63) is 0 Å². The predicted molar refractivity (Wildman–Crippen MR) is 81.9 cm³/mol. The molecular weight excluding hydrogens is 304 g/mol. The van der Waals surface area contributed by atoms with Gasteiger partial charge >= 0.3 is 33.7 Å². The summed E-state index contributed by atoms with van der Waals surface area (Å²) < 4.78 is 0. The second kappa shape index (κ2) is 17.7. The second-order valence-corrected chi connectivity index (χ2v) is 5.17. The van der Waals surface area contributed by atoms with Crippen LogP contribution in [0.25, 0.3) is 0 Å². The van der Waals surface area contributed by atoms with Crippen LogP contribution >= 0.6 is 0 Å². The first-order valence-corrected chi connectivity index (χ1v) is 7.89. The van der Waals surface area contributed by atoms with E-state index in [4.69, 9.17) is 10.2 Å². The Morgan fingerprint density at radius 3 is 1.19 bits per heavy atom. The number of carboxylic acid groups (broad SMARTS) is 2. The Morgan fingerprint density at radius 1 is 0.762 bits per heavy atom. The molecule has 5 heteroatoms. The van der Waals surface area contributed by atoms with Gasteiger partial charge in [0.05, 0.1) is 11.8 Å². The van der Waals surface area contributed by atoms with Crippen LogP contribution < -0.4 is 0 Å². The van der Waals surface area contributed by atoms with Gasteiger partial charge in [-0.2, -0.15) is 0 Å². The summed E-state index contributed by atoms with van der Waals surface area (Å²) in [6, 6.07) is 0. The number of hydrogen-bond acceptors (Lipinski definition) is 2. The molecule has 2 unspecified atom stereocenters. The molecule has 2 N–H and O–H groups in total. The zero-order valence-electron chi connectivity index (χ0n) is 14.0. The Labute approximate surface area is 144 Å². The molecule has 0 aromatic rings. The summed E-state index contributed by atoms with van der Waals surface area (Å²) in [5.74, 6) is -1.51. The van der Waals surface area contributed by atoms with Gasteiger partial charge in [-0.1, -0.05) is 53.4 Å². The molecule has 0 aliphatic rings. The number of hydrogen-bond donors (Lipinski definition) is 2. The third-order valence-corrected chi connectivity index (χ3v) is 3.50. The fourth-order valence-corrected chi connectivity index (χ4v) is 1.91. The van der Waals surface area contributed by atoms with Gasteiger partial charge in [-0.15, -0.1) is 0 Å². The van der Waals surface area contributed by atoms with Gasteiger partial charge < -0.3 is 10.2 Å². The SMILES string of the molecule is CCCCC(CC)C(=O)O.CCCCC(CC)C(=O)O.[Ti+4]. The monoisotopic (exact) mass is 336 g/mol. The van der Waals surface area contributed by atoms with Crippen LogP contribution in [0.1, 0.15) is 79.1 Å². The summed E-state index contributed by atoms with van der Waals surface area (Å²) in [6.07, 6.45) is 7.43. The maximum Gasteiger partial charge on any atom is 4.00 e. The summed E-state index contributed by atoms with van der Waals surface area (Å²) in [6.45, 7) is 8.01. The predicted octanol–water partition coefficient (Wildman–Crippen LogP) is 4.57. The zero-order valence-corrected chi connectivity index (χ0v) is 15.6. The molecule has 21 heavy (non-hydrogen) atoms. The van der Waals surface area contributed by atoms with Crippen LogP contribution in [0.5, 0.6) is 0 Å². The molecule has 0 aliphatic carbocycles. The number of rotatable bonds is 10. The molecule has 4 nitrogen and oxygen atoms in total. The van der Waals surface area contributed by atoms with Gasteiger partial charge in [0.1, 0.15) is 0 Å². The standard InChI is InChI=1S/2C8H16O2.Ti/c2*1-3-5-6-7(4-2)8(9)10;/h2*7H,3-6H2,1-2H3,(H,9,10);/q;;+4. The third-order valence-electron chi connectivity index (χ3n) is 3.50. The second-order valence-electron chi connectivity index (χ2n) is 5.17. The van der Waals surface area contributed by atoms with Crippen molar-refractivity contribution in [2.24, 2.45) is 11.8 Å². The van der Waals surface area contributed by atoms with Crippen LogP contribution in [0.3, 0.4) is 0 Å². The molecule has 0 spiro atoms. The van der Waals surface area contributed by atoms with Crippen LogP contribution in [-0.4, -0.2) is 22.2 Å². The molecule has 0 aromatic heterocycles. The minimum atomic E-state index is -0.643. The van der Waals surface area contributed by atoms with Gasteiger partial charge in [-0.05, 0) is 25.7 Å². The Bertz CT molecular complexity index is 231. The van der Waals surface area contributed by atoms with E-state index in [1.165, 1.54) is 0 Å². The number of carboxylic acids is 2. The molecule has 2 atom stereocenters. The average Bonchev–Trinajstić information content (AvgIpc) is 2.40. The number of carbonyl (C=O) groups is 2. The Hall–Kier alpha value is -0.346. The van der Waals surface area contributed by atoms with Crippen molar-refractivity contribution >= 4 is 11.9 Å². The first-order chi connectivity index (χ1) is 9.44. The summed E-state index contributed by atoms with van der Waals surface area (Å²) in [4.78, 5) is 20.9. The molecule has 0 rings (SSSR count). The molecule has 0 saturated heterocycles. The summed E-state index contributed by atoms with van der Waals surface area (Å²) in [5.41, 5.74) is 0. The first kappa shape index (κ1) is 25.6. The van der Waals surface area contributed by atoms with E-state index < -0.39 is 11.9 Å². The zero-order chi connectivity index (χ0) is 16.0. The third kappa shape index (κ3) is 15.9. The molecule has 120 valence electrons. The van der Waals surface area contributed by atoms with Crippen molar-refractivity contribution in [3.63, 3.8) is 0 Å². The smallest absolute Gasteiger partial charge is 0.481 e. The largest absolute Gasteiger partial charge is 4.00 e. The van der Waals surface area contributed by atoms with Crippen LogP contribution in [0, 0.1) is 11.8 Å². The first-order valence-electron chi connectivity index (χ1n) is 7.89. The quantitative estimate of drug-likeness (QED) is 0.573. The van der Waals surface area contributed by atoms with Gasteiger partial charge in [-0.25, -0.2) is 0 Å². The van der Waals surface area contributed by atoms with Gasteiger partial charge in [-0.3, -0.25) is 9.59 Å². The van der Waals surface area contributed by atoms with Crippen molar-refractivity contribution in [3.8, 4) is 0 Å². The molecule has 0 amide bonds. The molecular formula is C16H32O4Ti+4. The fourth-order valence-electron chi connectivity index (χ4n) is 1.91. The molecule has 0 fully saturated rings. The molecule has 0 heterocycles. The van der Waals surface area contributed by atoms with E-state index in [1.54, 1.807) is 0 Å². The Kier molecular flexibility index (Phi) is 21.6. The number of unbranched alkanes of at least 4 members (excludes halogenated alkanes) is 2. The summed E-state index contributed by atoms with van der Waals surface area (Å²) in [5, 5.41) is 17.2. The van der Waals surface area contributed by atoms with Gasteiger partial charge in [0, 0.05) is 0 Å². The Morgan fingerprint density at radius 2 is 1.05 bits per heavy atom. The topological polar surface area (TPSA) is 74.6 Å². The van der Waals surface area contributed by atoms with E-state index >= 15 is 0 Å². The van der Waals surface area contributed by atoms with E-state index in [-0.39, 0.29) is 33.6 Å². The normalized spacial score (nSPS) is 12.4. The van der Waals surface area contributed by atoms with E-state index in [2.05, 4.69) is 13.8 Å². The van der Waals surface area contributed by atoms with Crippen molar-refractivity contribution in [1.29, 1.82) is 0 Å². The summed E-state index contributed by atoms with van der Waals surface area (Å²) in [7, 11) is 0. The molecule has 0 radical (unpaired) electrons. The van der Waals surface area contributed by atoms with E-state index in [0.717, 1.165) is 51.4 Å². The minimum Gasteiger partial charge on any atom is -0.481 e. The van der Waals surface area contributed by atoms with Crippen LogP contribution in [0.4, 0.5) is 0 Å². The summed E-state index contributed by atoms with van der Waals surface area (Å²) >= 11 is 0. The van der Waals surface area contributed by atoms with E-state index in [9.17, 15) is 9.59 Å². The van der Waals surface area contributed by atoms with Gasteiger partial charge in [0.15, 0.2) is 0 Å². The van der Waals surface area contributed by atoms with Crippen molar-refractivity contribution in [2.45, 2.75) is 79.1 Å². The van der Waals surface area contributed by atoms with E-state index in [1.807, 2.05) is 13.8 Å². The maximum atomic E-state index is 10.4. The molecule has 0 aliphatic heterocycles. The van der Waals surface area contributed by atoms with Crippen LogP contribution in [-0.2, 0) is 31.3 Å². The van der Waals surface area contributed by atoms with Gasteiger partial charge in [0.2, 0.25) is 0 Å². The molecule has 0 aromatic carbocycles. The van der Waals surface area contributed by atoms with Crippen molar-refractivity contribution in [1.82, 2.24) is 0 Å².